The summed E-state index contributed by atoms with van der Waals surface area (Å²) >= 11 is 0. The summed E-state index contributed by atoms with van der Waals surface area (Å²) in [5, 5.41) is 43.7. The molecule has 2 saturated carbocycles. The Bertz CT molecular complexity index is 1210. The first-order valence-electron chi connectivity index (χ1n) is 14.5. The predicted molar refractivity (Wildman–Crippen MR) is 145 cm³/mol. The molecule has 4 N–H and O–H groups in total. The number of rotatable bonds is 5. The smallest absolute Gasteiger partial charge is 0.331 e. The Morgan fingerprint density at radius 1 is 1.15 bits per heavy atom. The fraction of sp³-hybridized carbons (Fsp3) is 0.719. The molecule has 0 aliphatic heterocycles. The first kappa shape index (κ1) is 28.4. The molecule has 7 heteroatoms. The highest BCUT2D eigenvalue weighted by atomic mass is 16.4. The van der Waals surface area contributed by atoms with Crippen LogP contribution >= 0.6 is 0 Å². The lowest BCUT2D eigenvalue weighted by molar-refractivity contribution is -0.153. The normalized spacial score (nSPS) is 46.9. The number of allylic oxidation sites excluding steroid dienone is 2. The Morgan fingerprint density at radius 2 is 1.82 bits per heavy atom. The van der Waals surface area contributed by atoms with E-state index in [0.717, 1.165) is 0 Å². The van der Waals surface area contributed by atoms with Crippen molar-refractivity contribution < 1.29 is 34.8 Å². The number of hydrogen-bond donors (Lipinski definition) is 4. The summed E-state index contributed by atoms with van der Waals surface area (Å²) in [6, 6.07) is 0. The number of ketones is 2. The number of carboxylic acid groups (broad SMARTS) is 1. The van der Waals surface area contributed by atoms with E-state index in [0.29, 0.717) is 43.3 Å². The highest BCUT2D eigenvalue weighted by molar-refractivity contribution is 6.01. The molecule has 0 aromatic carbocycles. The van der Waals surface area contributed by atoms with E-state index in [1.807, 2.05) is 39.8 Å². The molecule has 11 atom stereocenters. The van der Waals surface area contributed by atoms with E-state index in [4.69, 9.17) is 0 Å². The summed E-state index contributed by atoms with van der Waals surface area (Å²) in [5.41, 5.74) is -1.32. The number of carbonyl (C=O) groups excluding carboxylic acids is 2. The van der Waals surface area contributed by atoms with Gasteiger partial charge in [-0.3, -0.25) is 9.59 Å². The molecule has 0 heterocycles. The molecule has 39 heavy (non-hydrogen) atoms. The third kappa shape index (κ3) is 3.61. The summed E-state index contributed by atoms with van der Waals surface area (Å²) in [7, 11) is 0. The van der Waals surface area contributed by atoms with Crippen LogP contribution in [0.15, 0.2) is 34.9 Å². The van der Waals surface area contributed by atoms with Crippen LogP contribution < -0.4 is 0 Å². The largest absolute Gasteiger partial charge is 0.478 e. The molecule has 214 valence electrons. The van der Waals surface area contributed by atoms with Gasteiger partial charge in [-0.05, 0) is 67.4 Å². The van der Waals surface area contributed by atoms with Gasteiger partial charge in [0.05, 0.1) is 18.3 Å². The summed E-state index contributed by atoms with van der Waals surface area (Å²) < 4.78 is 0. The summed E-state index contributed by atoms with van der Waals surface area (Å²) in [4.78, 5) is 38.7. The SMILES string of the molecule is C/C(=C\[C@@H](O)C[C@@H](C)[C@H]1C[C@H](O)[C@@]2(C)C3=C(C(=O)C[C@]12C)[C@@]1(C)CCC(=O)[C@@]2(C)CC=C[C@H]([C@H]21)[C@H]3O)C(=O)O. The van der Waals surface area contributed by atoms with Crippen LogP contribution in [-0.2, 0) is 14.4 Å². The molecular weight excluding hydrogens is 496 g/mol. The van der Waals surface area contributed by atoms with Crippen molar-refractivity contribution in [3.05, 3.63) is 34.9 Å². The molecule has 0 aromatic rings. The number of carbonyl (C=O) groups is 3. The third-order valence-electron chi connectivity index (χ3n) is 12.3. The Balaban J connectivity index is 1.60. The van der Waals surface area contributed by atoms with Crippen LogP contribution in [-0.4, -0.2) is 56.3 Å². The molecule has 7 nitrogen and oxygen atoms in total. The first-order chi connectivity index (χ1) is 18.0. The lowest BCUT2D eigenvalue weighted by Crippen LogP contribution is -2.64. The van der Waals surface area contributed by atoms with Crippen molar-refractivity contribution >= 4 is 17.5 Å². The van der Waals surface area contributed by atoms with Crippen LogP contribution in [0.3, 0.4) is 0 Å². The van der Waals surface area contributed by atoms with Crippen LogP contribution in [0, 0.1) is 45.3 Å². The highest BCUT2D eigenvalue weighted by Crippen LogP contribution is 2.73. The quantitative estimate of drug-likeness (QED) is 0.306. The van der Waals surface area contributed by atoms with Gasteiger partial charge in [0.15, 0.2) is 5.78 Å². The zero-order valence-electron chi connectivity index (χ0n) is 24.0. The van der Waals surface area contributed by atoms with Crippen LogP contribution in [0.25, 0.3) is 0 Å². The number of aliphatic hydroxyl groups excluding tert-OH is 3. The van der Waals surface area contributed by atoms with Gasteiger partial charge < -0.3 is 20.4 Å². The van der Waals surface area contributed by atoms with Crippen LogP contribution in [0.4, 0.5) is 0 Å². The lowest BCUT2D eigenvalue weighted by atomic mass is 9.39. The van der Waals surface area contributed by atoms with E-state index in [-0.39, 0.29) is 47.2 Å². The van der Waals surface area contributed by atoms with Crippen LogP contribution in [0.2, 0.25) is 0 Å². The number of aliphatic hydroxyl groups is 3. The van der Waals surface area contributed by atoms with E-state index >= 15 is 0 Å². The first-order valence-corrected chi connectivity index (χ1v) is 14.5. The topological polar surface area (TPSA) is 132 Å². The van der Waals surface area contributed by atoms with Crippen molar-refractivity contribution in [1.82, 2.24) is 0 Å². The van der Waals surface area contributed by atoms with Gasteiger partial charge in [0.25, 0.3) is 0 Å². The van der Waals surface area contributed by atoms with Crippen molar-refractivity contribution in [2.75, 3.05) is 0 Å². The lowest BCUT2D eigenvalue weighted by Gasteiger charge is -2.64. The van der Waals surface area contributed by atoms with Gasteiger partial charge in [0.1, 0.15) is 5.78 Å². The van der Waals surface area contributed by atoms with E-state index in [2.05, 4.69) is 6.92 Å². The van der Waals surface area contributed by atoms with Crippen molar-refractivity contribution in [2.24, 2.45) is 45.3 Å². The number of Topliss-reactive ketones (excluding diaryl/α,β-unsaturated/α-hetero) is 2. The van der Waals surface area contributed by atoms with E-state index in [1.165, 1.54) is 13.0 Å². The Labute approximate surface area is 231 Å². The molecule has 0 aromatic heterocycles. The van der Waals surface area contributed by atoms with E-state index in [1.54, 1.807) is 0 Å². The second-order valence-corrected chi connectivity index (χ2v) is 14.2. The fourth-order valence-electron chi connectivity index (χ4n) is 10.2. The predicted octanol–water partition coefficient (Wildman–Crippen LogP) is 4.01. The van der Waals surface area contributed by atoms with Gasteiger partial charge in [-0.15, -0.1) is 0 Å². The van der Waals surface area contributed by atoms with Gasteiger partial charge in [0, 0.05) is 46.2 Å². The average Bonchev–Trinajstić information content (AvgIpc) is 3.05. The van der Waals surface area contributed by atoms with Crippen LogP contribution in [0.5, 0.6) is 0 Å². The van der Waals surface area contributed by atoms with E-state index < -0.39 is 45.9 Å². The third-order valence-corrected chi connectivity index (χ3v) is 12.3. The molecule has 0 saturated heterocycles. The maximum Gasteiger partial charge on any atom is 0.331 e. The Hall–Kier alpha value is -2.09. The van der Waals surface area contributed by atoms with Gasteiger partial charge in [0.2, 0.25) is 0 Å². The molecule has 0 bridgehead atoms. The maximum atomic E-state index is 14.3. The maximum absolute atomic E-state index is 14.3. The minimum Gasteiger partial charge on any atom is -0.478 e. The number of carboxylic acids is 1. The average molecular weight is 541 g/mol. The van der Waals surface area contributed by atoms with Crippen molar-refractivity contribution in [1.29, 1.82) is 0 Å². The standard InChI is InChI=1S/C32H44O7/c1-16(12-18(33)13-17(2)28(38)39)20-14-23(36)32(6)25-24(21(34)15-31(20,32)5)30(4)11-9-22(35)29(3)10-7-8-19(26(25)37)27(29)30/h7-8,13,16,18-20,23,26-27,33,36-37H,9-12,14-15H2,1-6H3,(H,38,39)/b17-13+/t16-,18+,19+,20-,23+,26-,27-,29-,30-,31-,32+/m1/s1. The molecule has 0 radical (unpaired) electrons. The molecule has 5 aliphatic rings. The van der Waals surface area contributed by atoms with Crippen molar-refractivity contribution in [3.63, 3.8) is 0 Å². The van der Waals surface area contributed by atoms with Gasteiger partial charge in [-0.2, -0.15) is 0 Å². The zero-order chi connectivity index (χ0) is 28.9. The Morgan fingerprint density at radius 3 is 2.46 bits per heavy atom. The number of fused-ring (bicyclic) bond motifs is 3. The van der Waals surface area contributed by atoms with E-state index in [9.17, 15) is 34.8 Å². The summed E-state index contributed by atoms with van der Waals surface area (Å²) in [6.45, 7) is 11.6. The Kier molecular flexibility index (Phi) is 6.53. The summed E-state index contributed by atoms with van der Waals surface area (Å²) in [5.74, 6) is -1.58. The number of hydrogen-bond acceptors (Lipinski definition) is 6. The van der Waals surface area contributed by atoms with Crippen molar-refractivity contribution in [2.45, 2.75) is 98.4 Å². The molecule has 0 unspecified atom stereocenters. The van der Waals surface area contributed by atoms with Crippen molar-refractivity contribution in [3.8, 4) is 0 Å². The van der Waals surface area contributed by atoms with Gasteiger partial charge in [-0.25, -0.2) is 4.79 Å². The molecule has 0 spiro atoms. The molecule has 2 fully saturated rings. The van der Waals surface area contributed by atoms with Gasteiger partial charge in [-0.1, -0.05) is 46.8 Å². The number of aliphatic carboxylic acids is 1. The fourth-order valence-corrected chi connectivity index (χ4v) is 10.2. The second-order valence-electron chi connectivity index (χ2n) is 14.2. The minimum absolute atomic E-state index is 0.00435. The van der Waals surface area contributed by atoms with Crippen LogP contribution in [0.1, 0.15) is 80.1 Å². The minimum atomic E-state index is -1.08. The summed E-state index contributed by atoms with van der Waals surface area (Å²) in [6.07, 6.45) is 5.23. The molecule has 5 rings (SSSR count). The molecule has 0 amide bonds. The zero-order valence-corrected chi connectivity index (χ0v) is 24.0. The molecule has 5 aliphatic carbocycles. The monoisotopic (exact) mass is 540 g/mol. The molecular formula is C32H44O7. The van der Waals surface area contributed by atoms with Gasteiger partial charge >= 0.3 is 5.97 Å². The highest BCUT2D eigenvalue weighted by Gasteiger charge is 2.72. The second kappa shape index (κ2) is 8.95.